The summed E-state index contributed by atoms with van der Waals surface area (Å²) in [5.41, 5.74) is 2.85. The Hall–Kier alpha value is -4.00. The van der Waals surface area contributed by atoms with Crippen LogP contribution in [0.4, 0.5) is 0 Å². The maximum absolute atomic E-state index is 6.63. The van der Waals surface area contributed by atoms with Gasteiger partial charge in [-0.25, -0.2) is 4.99 Å². The van der Waals surface area contributed by atoms with Crippen LogP contribution in [-0.4, -0.2) is 24.7 Å². The lowest BCUT2D eigenvalue weighted by molar-refractivity contribution is 0.307. The predicted octanol–water partition coefficient (Wildman–Crippen LogP) is 6.95. The van der Waals surface area contributed by atoms with Gasteiger partial charge in [-0.15, -0.1) is 0 Å². The summed E-state index contributed by atoms with van der Waals surface area (Å²) >= 11 is 0. The average molecular weight is 512 g/mol. The zero-order chi connectivity index (χ0) is 25.6. The SMILES string of the molecule is c1ccc(P(C[C@@H]2COC(C(c3ccccc3)(c3ccccc3)c3ccccc3)=N2)c2ccccc2)cc1. The van der Waals surface area contributed by atoms with Crippen molar-refractivity contribution in [3.05, 3.63) is 168 Å². The monoisotopic (exact) mass is 511 g/mol. The summed E-state index contributed by atoms with van der Waals surface area (Å²) in [6.07, 6.45) is 0.946. The van der Waals surface area contributed by atoms with Crippen molar-refractivity contribution in [3.63, 3.8) is 0 Å². The van der Waals surface area contributed by atoms with Crippen LogP contribution in [0.3, 0.4) is 0 Å². The fourth-order valence-corrected chi connectivity index (χ4v) is 7.83. The molecule has 0 amide bonds. The van der Waals surface area contributed by atoms with Gasteiger partial charge in [-0.2, -0.15) is 0 Å². The quantitative estimate of drug-likeness (QED) is 0.163. The summed E-state index contributed by atoms with van der Waals surface area (Å²) in [6, 6.07) is 53.8. The minimum atomic E-state index is -0.624. The van der Waals surface area contributed by atoms with E-state index in [1.807, 2.05) is 0 Å². The van der Waals surface area contributed by atoms with Gasteiger partial charge >= 0.3 is 0 Å². The van der Waals surface area contributed by atoms with Gasteiger partial charge in [0.25, 0.3) is 0 Å². The minimum Gasteiger partial charge on any atom is -0.478 e. The van der Waals surface area contributed by atoms with Gasteiger partial charge in [0.2, 0.25) is 5.90 Å². The van der Waals surface area contributed by atoms with Gasteiger partial charge in [-0.3, -0.25) is 0 Å². The maximum atomic E-state index is 6.63. The lowest BCUT2D eigenvalue weighted by Gasteiger charge is -2.35. The summed E-state index contributed by atoms with van der Waals surface area (Å²) in [6.45, 7) is 0.585. The minimum absolute atomic E-state index is 0.0760. The molecule has 5 aromatic rings. The molecule has 2 nitrogen and oxygen atoms in total. The van der Waals surface area contributed by atoms with Crippen molar-refractivity contribution >= 4 is 24.4 Å². The Morgan fingerprint density at radius 1 is 0.553 bits per heavy atom. The summed E-state index contributed by atoms with van der Waals surface area (Å²) in [5, 5.41) is 2.75. The Morgan fingerprint density at radius 3 is 1.32 bits per heavy atom. The molecule has 0 radical (unpaired) electrons. The summed E-state index contributed by atoms with van der Waals surface area (Å²) < 4.78 is 6.63. The van der Waals surface area contributed by atoms with Crippen LogP contribution in [0.5, 0.6) is 0 Å². The first-order valence-electron chi connectivity index (χ1n) is 13.1. The number of hydrogen-bond donors (Lipinski definition) is 0. The van der Waals surface area contributed by atoms with Gasteiger partial charge in [0.15, 0.2) is 0 Å². The van der Waals surface area contributed by atoms with E-state index in [4.69, 9.17) is 9.73 Å². The van der Waals surface area contributed by atoms with E-state index in [2.05, 4.69) is 152 Å². The van der Waals surface area contributed by atoms with Gasteiger partial charge in [0.1, 0.15) is 12.0 Å². The van der Waals surface area contributed by atoms with Gasteiger partial charge in [0.05, 0.1) is 6.04 Å². The normalized spacial score (nSPS) is 15.2. The second-order valence-electron chi connectivity index (χ2n) is 9.53. The van der Waals surface area contributed by atoms with Gasteiger partial charge in [-0.1, -0.05) is 152 Å². The Kier molecular flexibility index (Phi) is 7.16. The molecule has 0 aromatic heterocycles. The number of aliphatic imine (C=N–C) groups is 1. The van der Waals surface area contributed by atoms with Gasteiger partial charge in [0, 0.05) is 6.16 Å². The second-order valence-corrected chi connectivity index (χ2v) is 11.8. The molecule has 0 aliphatic carbocycles. The Labute approximate surface area is 226 Å². The van der Waals surface area contributed by atoms with E-state index in [1.54, 1.807) is 0 Å². The predicted molar refractivity (Wildman–Crippen MR) is 160 cm³/mol. The first-order valence-corrected chi connectivity index (χ1v) is 14.6. The molecular formula is C35H30NOP. The van der Waals surface area contributed by atoms with Gasteiger partial charge < -0.3 is 4.74 Å². The smallest absolute Gasteiger partial charge is 0.203 e. The fraction of sp³-hybridized carbons (Fsp3) is 0.114. The Morgan fingerprint density at radius 2 is 0.921 bits per heavy atom. The molecule has 6 rings (SSSR count). The zero-order valence-corrected chi connectivity index (χ0v) is 22.1. The standard InChI is InChI=1S/C35H30NOP/c1-6-16-28(17-7-1)35(29-18-8-2-9-19-29,30-20-10-3-11-21-30)34-36-31(26-37-34)27-38(32-22-12-4-13-23-32)33-24-14-5-15-25-33/h1-25,31H,26-27H2/t31-/m0/s1. The highest BCUT2D eigenvalue weighted by molar-refractivity contribution is 7.73. The molecule has 0 N–H and O–H groups in total. The molecule has 1 atom stereocenters. The van der Waals surface area contributed by atoms with Crippen LogP contribution in [0.15, 0.2) is 157 Å². The van der Waals surface area contributed by atoms with Crippen LogP contribution >= 0.6 is 7.92 Å². The number of hydrogen-bond acceptors (Lipinski definition) is 2. The highest BCUT2D eigenvalue weighted by Gasteiger charge is 2.45. The van der Waals surface area contributed by atoms with Crippen LogP contribution in [0, 0.1) is 0 Å². The molecular weight excluding hydrogens is 481 g/mol. The first-order chi connectivity index (χ1) is 18.9. The maximum Gasteiger partial charge on any atom is 0.203 e. The summed E-state index contributed by atoms with van der Waals surface area (Å²) in [7, 11) is -0.567. The van der Waals surface area contributed by atoms with Crippen molar-refractivity contribution in [2.75, 3.05) is 12.8 Å². The van der Waals surface area contributed by atoms with E-state index >= 15 is 0 Å². The van der Waals surface area contributed by atoms with E-state index in [0.717, 1.165) is 28.8 Å². The second kappa shape index (κ2) is 11.2. The van der Waals surface area contributed by atoms with Crippen molar-refractivity contribution < 1.29 is 4.74 Å². The fourth-order valence-electron chi connectivity index (χ4n) is 5.44. The zero-order valence-electron chi connectivity index (χ0n) is 21.2. The van der Waals surface area contributed by atoms with E-state index in [-0.39, 0.29) is 6.04 Å². The molecule has 1 heterocycles. The molecule has 186 valence electrons. The average Bonchev–Trinajstić information content (AvgIpc) is 3.48. The van der Waals surface area contributed by atoms with Crippen LogP contribution in [0.1, 0.15) is 16.7 Å². The van der Waals surface area contributed by atoms with Crippen LogP contribution < -0.4 is 10.6 Å². The van der Waals surface area contributed by atoms with Gasteiger partial charge in [-0.05, 0) is 35.2 Å². The van der Waals surface area contributed by atoms with Crippen LogP contribution in [0.25, 0.3) is 0 Å². The van der Waals surface area contributed by atoms with E-state index in [9.17, 15) is 0 Å². The molecule has 0 unspecified atom stereocenters. The number of ether oxygens (including phenoxy) is 1. The highest BCUT2D eigenvalue weighted by atomic mass is 31.1. The number of benzene rings is 5. The number of rotatable bonds is 8. The molecule has 0 saturated heterocycles. The topological polar surface area (TPSA) is 21.6 Å². The molecule has 0 spiro atoms. The van der Waals surface area contributed by atoms with E-state index in [0.29, 0.717) is 6.61 Å². The van der Waals surface area contributed by atoms with Crippen molar-refractivity contribution in [1.29, 1.82) is 0 Å². The third kappa shape index (κ3) is 4.69. The van der Waals surface area contributed by atoms with Crippen molar-refractivity contribution in [1.82, 2.24) is 0 Å². The molecule has 0 saturated carbocycles. The molecule has 0 fully saturated rings. The van der Waals surface area contributed by atoms with Crippen LogP contribution in [0.2, 0.25) is 0 Å². The van der Waals surface area contributed by atoms with Crippen molar-refractivity contribution in [2.24, 2.45) is 4.99 Å². The summed E-state index contributed by atoms with van der Waals surface area (Å²) in [5.74, 6) is 0.780. The van der Waals surface area contributed by atoms with Crippen molar-refractivity contribution in [3.8, 4) is 0 Å². The van der Waals surface area contributed by atoms with Crippen molar-refractivity contribution in [2.45, 2.75) is 11.5 Å². The molecule has 0 bridgehead atoms. The third-order valence-corrected chi connectivity index (χ3v) is 9.81. The Bertz CT molecular complexity index is 1340. The molecule has 5 aromatic carbocycles. The molecule has 1 aliphatic rings. The highest BCUT2D eigenvalue weighted by Crippen LogP contribution is 2.43. The first kappa shape index (κ1) is 24.3. The lowest BCUT2D eigenvalue weighted by Crippen LogP contribution is -2.38. The summed E-state index contributed by atoms with van der Waals surface area (Å²) in [4.78, 5) is 5.39. The number of nitrogens with zero attached hydrogens (tertiary/aromatic N) is 1. The Balaban J connectivity index is 1.46. The third-order valence-electron chi connectivity index (χ3n) is 7.18. The van der Waals surface area contributed by atoms with E-state index in [1.165, 1.54) is 10.6 Å². The molecule has 1 aliphatic heterocycles. The molecule has 38 heavy (non-hydrogen) atoms. The van der Waals surface area contributed by atoms with E-state index < -0.39 is 13.3 Å². The van der Waals surface area contributed by atoms with Crippen LogP contribution in [-0.2, 0) is 10.2 Å². The molecule has 3 heteroatoms. The lowest BCUT2D eigenvalue weighted by atomic mass is 9.69. The largest absolute Gasteiger partial charge is 0.478 e.